The Morgan fingerprint density at radius 1 is 1.25 bits per heavy atom. The van der Waals surface area contributed by atoms with Gasteiger partial charge in [0.05, 0.1) is 6.61 Å². The average Bonchev–Trinajstić information content (AvgIpc) is 2.19. The summed E-state index contributed by atoms with van der Waals surface area (Å²) in [6, 6.07) is 0. The number of rotatable bonds is 6. The van der Waals surface area contributed by atoms with Crippen LogP contribution in [0, 0.1) is 0 Å². The van der Waals surface area contributed by atoms with Crippen LogP contribution < -0.4 is 0 Å². The lowest BCUT2D eigenvalue weighted by Gasteiger charge is -2.00. The molecular weight excluding hydrogens is 212 g/mol. The van der Waals surface area contributed by atoms with Crippen LogP contribution in [0.1, 0.15) is 46.5 Å². The van der Waals surface area contributed by atoms with E-state index in [2.05, 4.69) is 6.92 Å². The van der Waals surface area contributed by atoms with Crippen LogP contribution in [0.3, 0.4) is 0 Å². The number of aliphatic hydroxyl groups is 1. The van der Waals surface area contributed by atoms with Gasteiger partial charge < -0.3 is 14.9 Å². The zero-order valence-corrected chi connectivity index (χ0v) is 10.2. The highest BCUT2D eigenvalue weighted by molar-refractivity contribution is 5.71. The number of carbonyl (C=O) groups excluding carboxylic acids is 1. The summed E-state index contributed by atoms with van der Waals surface area (Å²) in [5, 5.41) is 15.8. The van der Waals surface area contributed by atoms with Gasteiger partial charge in [0, 0.05) is 6.42 Å². The number of carboxylic acid groups (broad SMARTS) is 1. The summed E-state index contributed by atoms with van der Waals surface area (Å²) >= 11 is 0. The lowest BCUT2D eigenvalue weighted by atomic mass is 10.3. The Labute approximate surface area is 96.4 Å². The second-order valence-electron chi connectivity index (χ2n) is 3.34. The third-order valence-corrected chi connectivity index (χ3v) is 1.57. The average molecular weight is 234 g/mol. The van der Waals surface area contributed by atoms with Gasteiger partial charge in [-0.2, -0.15) is 0 Å². The summed E-state index contributed by atoms with van der Waals surface area (Å²) in [6.07, 6.45) is 2.27. The number of ether oxygens (including phenoxy) is 1. The Bertz CT molecular complexity index is 189. The van der Waals surface area contributed by atoms with E-state index in [1.165, 1.54) is 6.92 Å². The predicted octanol–water partition coefficient (Wildman–Crippen LogP) is 1.58. The Morgan fingerprint density at radius 3 is 2.06 bits per heavy atom. The van der Waals surface area contributed by atoms with Crippen molar-refractivity contribution in [2.45, 2.75) is 52.6 Å². The first-order valence-electron chi connectivity index (χ1n) is 5.52. The Hall–Kier alpha value is -1.10. The van der Waals surface area contributed by atoms with E-state index in [1.54, 1.807) is 0 Å². The maximum absolute atomic E-state index is 10.7. The first-order chi connectivity index (χ1) is 7.45. The maximum atomic E-state index is 10.7. The molecule has 5 nitrogen and oxygen atoms in total. The second kappa shape index (κ2) is 12.0. The molecule has 0 amide bonds. The van der Waals surface area contributed by atoms with Crippen LogP contribution in [-0.2, 0) is 14.3 Å². The van der Waals surface area contributed by atoms with Crippen LogP contribution in [0.2, 0.25) is 0 Å². The van der Waals surface area contributed by atoms with Gasteiger partial charge >= 0.3 is 11.9 Å². The van der Waals surface area contributed by atoms with Gasteiger partial charge in [0.15, 0.2) is 0 Å². The highest BCUT2D eigenvalue weighted by Crippen LogP contribution is 1.93. The monoisotopic (exact) mass is 234 g/mol. The van der Waals surface area contributed by atoms with Crippen LogP contribution in [0.5, 0.6) is 0 Å². The third kappa shape index (κ3) is 15.4. The minimum Gasteiger partial charge on any atom is -0.479 e. The van der Waals surface area contributed by atoms with Gasteiger partial charge in [-0.05, 0) is 19.8 Å². The molecule has 0 spiro atoms. The van der Waals surface area contributed by atoms with E-state index in [0.29, 0.717) is 13.0 Å². The van der Waals surface area contributed by atoms with E-state index in [-0.39, 0.29) is 5.97 Å². The van der Waals surface area contributed by atoms with Crippen LogP contribution in [0.15, 0.2) is 0 Å². The molecule has 0 aromatic rings. The molecular formula is C11H22O5. The van der Waals surface area contributed by atoms with Gasteiger partial charge in [0.1, 0.15) is 6.10 Å². The standard InChI is InChI=1S/C8H16O2.C3H6O3/c1-3-5-7-10-8(9)6-4-2;1-2(4)3(5)6/h3-7H2,1-2H3;2,4H,1H3,(H,5,6). The van der Waals surface area contributed by atoms with Crippen LogP contribution in [-0.4, -0.2) is 34.9 Å². The van der Waals surface area contributed by atoms with Gasteiger partial charge in [-0.25, -0.2) is 4.79 Å². The number of carboxylic acids is 1. The Kier molecular flexibility index (Phi) is 12.9. The molecule has 0 rings (SSSR count). The molecule has 0 aliphatic carbocycles. The molecule has 16 heavy (non-hydrogen) atoms. The molecule has 0 aliphatic rings. The molecule has 0 saturated heterocycles. The molecule has 2 N–H and O–H groups in total. The van der Waals surface area contributed by atoms with Gasteiger partial charge in [-0.3, -0.25) is 4.79 Å². The topological polar surface area (TPSA) is 83.8 Å². The molecule has 1 unspecified atom stereocenters. The fourth-order valence-corrected chi connectivity index (χ4v) is 0.607. The zero-order chi connectivity index (χ0) is 13.0. The van der Waals surface area contributed by atoms with E-state index in [1.807, 2.05) is 6.92 Å². The maximum Gasteiger partial charge on any atom is 0.332 e. The molecule has 5 heteroatoms. The van der Waals surface area contributed by atoms with Gasteiger partial charge in [-0.1, -0.05) is 20.3 Å². The van der Waals surface area contributed by atoms with E-state index in [4.69, 9.17) is 14.9 Å². The van der Waals surface area contributed by atoms with Crippen LogP contribution in [0.25, 0.3) is 0 Å². The molecule has 0 bridgehead atoms. The van der Waals surface area contributed by atoms with Gasteiger partial charge in [0.25, 0.3) is 0 Å². The summed E-state index contributed by atoms with van der Waals surface area (Å²) in [5.74, 6) is -1.24. The quantitative estimate of drug-likeness (QED) is 0.538. The SMILES string of the molecule is CC(O)C(=O)O.CCCCOC(=O)CCC. The van der Waals surface area contributed by atoms with Crippen LogP contribution in [0.4, 0.5) is 0 Å². The van der Waals surface area contributed by atoms with Crippen molar-refractivity contribution in [3.63, 3.8) is 0 Å². The molecule has 0 aromatic carbocycles. The van der Waals surface area contributed by atoms with Crippen molar-refractivity contribution < 1.29 is 24.5 Å². The van der Waals surface area contributed by atoms with Crippen molar-refractivity contribution in [1.82, 2.24) is 0 Å². The molecule has 1 atom stereocenters. The molecule has 0 saturated carbocycles. The van der Waals surface area contributed by atoms with Gasteiger partial charge in [-0.15, -0.1) is 0 Å². The molecule has 0 fully saturated rings. The molecule has 0 aromatic heterocycles. The first kappa shape index (κ1) is 17.3. The molecule has 0 aliphatic heterocycles. The van der Waals surface area contributed by atoms with Crippen molar-refractivity contribution in [2.75, 3.05) is 6.61 Å². The smallest absolute Gasteiger partial charge is 0.332 e. The summed E-state index contributed by atoms with van der Waals surface area (Å²) < 4.78 is 4.88. The zero-order valence-electron chi connectivity index (χ0n) is 10.2. The largest absolute Gasteiger partial charge is 0.479 e. The predicted molar refractivity (Wildman–Crippen MR) is 60.1 cm³/mol. The summed E-state index contributed by atoms with van der Waals surface area (Å²) in [7, 11) is 0. The Balaban J connectivity index is 0. The minimum atomic E-state index is -1.23. The summed E-state index contributed by atoms with van der Waals surface area (Å²) in [5.41, 5.74) is 0. The Morgan fingerprint density at radius 2 is 1.75 bits per heavy atom. The second-order valence-corrected chi connectivity index (χ2v) is 3.34. The lowest BCUT2D eigenvalue weighted by Crippen LogP contribution is -2.13. The number of esters is 1. The van der Waals surface area contributed by atoms with Crippen molar-refractivity contribution in [1.29, 1.82) is 0 Å². The number of carbonyl (C=O) groups is 2. The first-order valence-corrected chi connectivity index (χ1v) is 5.52. The number of hydrogen-bond donors (Lipinski definition) is 2. The molecule has 0 heterocycles. The summed E-state index contributed by atoms with van der Waals surface area (Å²) in [6.45, 7) is 5.84. The van der Waals surface area contributed by atoms with Gasteiger partial charge in [0.2, 0.25) is 0 Å². The number of hydrogen-bond acceptors (Lipinski definition) is 4. The number of unbranched alkanes of at least 4 members (excludes halogenated alkanes) is 1. The van der Waals surface area contributed by atoms with E-state index >= 15 is 0 Å². The molecule has 96 valence electrons. The molecule has 0 radical (unpaired) electrons. The lowest BCUT2D eigenvalue weighted by molar-refractivity contribution is -0.145. The number of aliphatic carboxylic acids is 1. The summed E-state index contributed by atoms with van der Waals surface area (Å²) in [4.78, 5) is 20.1. The highest BCUT2D eigenvalue weighted by Gasteiger charge is 2.01. The van der Waals surface area contributed by atoms with E-state index in [0.717, 1.165) is 19.3 Å². The number of aliphatic hydroxyl groups excluding tert-OH is 1. The van der Waals surface area contributed by atoms with E-state index in [9.17, 15) is 9.59 Å². The fraction of sp³-hybridized carbons (Fsp3) is 0.818. The van der Waals surface area contributed by atoms with Crippen LogP contribution >= 0.6 is 0 Å². The minimum absolute atomic E-state index is 0.0593. The third-order valence-electron chi connectivity index (χ3n) is 1.57. The van der Waals surface area contributed by atoms with E-state index < -0.39 is 12.1 Å². The normalized spacial score (nSPS) is 11.0. The van der Waals surface area contributed by atoms with Crippen molar-refractivity contribution in [3.05, 3.63) is 0 Å². The van der Waals surface area contributed by atoms with Crippen molar-refractivity contribution in [2.24, 2.45) is 0 Å². The highest BCUT2D eigenvalue weighted by atomic mass is 16.5. The van der Waals surface area contributed by atoms with Crippen molar-refractivity contribution in [3.8, 4) is 0 Å². The fourth-order valence-electron chi connectivity index (χ4n) is 0.607. The van der Waals surface area contributed by atoms with Crippen molar-refractivity contribution >= 4 is 11.9 Å².